The fourth-order valence-corrected chi connectivity index (χ4v) is 4.08. The minimum atomic E-state index is 0.569. The van der Waals surface area contributed by atoms with Gasteiger partial charge in [0.25, 0.3) is 0 Å². The SMILES string of the molecule is CCNC(=NCCN1CCCCC1C)N1CCC(c2cnn(C)c2)C1. The molecule has 0 aromatic carbocycles. The number of guanidine groups is 1. The number of likely N-dealkylation sites (tertiary alicyclic amines) is 2. The molecule has 1 N–H and O–H groups in total. The van der Waals surface area contributed by atoms with E-state index in [1.165, 1.54) is 37.8 Å². The van der Waals surface area contributed by atoms with Crippen LogP contribution in [0.25, 0.3) is 0 Å². The molecule has 25 heavy (non-hydrogen) atoms. The number of aryl methyl sites for hydroxylation is 1. The summed E-state index contributed by atoms with van der Waals surface area (Å²) in [7, 11) is 1.99. The number of aliphatic imine (C=N–C) groups is 1. The lowest BCUT2D eigenvalue weighted by molar-refractivity contribution is 0.165. The Morgan fingerprint density at radius 1 is 1.32 bits per heavy atom. The summed E-state index contributed by atoms with van der Waals surface area (Å²) in [5.41, 5.74) is 1.35. The fraction of sp³-hybridized carbons (Fsp3) is 0.789. The predicted molar refractivity (Wildman–Crippen MR) is 103 cm³/mol. The molecule has 0 radical (unpaired) electrons. The van der Waals surface area contributed by atoms with Crippen molar-refractivity contribution in [3.05, 3.63) is 18.0 Å². The second-order valence-electron chi connectivity index (χ2n) is 7.50. The zero-order chi connectivity index (χ0) is 17.6. The van der Waals surface area contributed by atoms with E-state index >= 15 is 0 Å². The first kappa shape index (κ1) is 18.2. The average Bonchev–Trinajstić information content (AvgIpc) is 3.24. The van der Waals surface area contributed by atoms with Crippen LogP contribution in [0.15, 0.2) is 17.4 Å². The predicted octanol–water partition coefficient (Wildman–Crippen LogP) is 2.05. The third kappa shape index (κ3) is 4.75. The van der Waals surface area contributed by atoms with Gasteiger partial charge in [0.1, 0.15) is 0 Å². The van der Waals surface area contributed by atoms with Crippen LogP contribution in [0.4, 0.5) is 0 Å². The molecule has 6 nitrogen and oxygen atoms in total. The number of aromatic nitrogens is 2. The third-order valence-electron chi connectivity index (χ3n) is 5.61. The van der Waals surface area contributed by atoms with E-state index in [4.69, 9.17) is 4.99 Å². The first-order valence-corrected chi connectivity index (χ1v) is 9.93. The molecule has 3 heterocycles. The van der Waals surface area contributed by atoms with Gasteiger partial charge in [-0.15, -0.1) is 0 Å². The topological polar surface area (TPSA) is 48.7 Å². The van der Waals surface area contributed by atoms with E-state index in [1.807, 2.05) is 17.9 Å². The van der Waals surface area contributed by atoms with Gasteiger partial charge in [-0.3, -0.25) is 14.6 Å². The molecular weight excluding hydrogens is 312 g/mol. The Bertz CT molecular complexity index is 566. The summed E-state index contributed by atoms with van der Waals surface area (Å²) in [6, 6.07) is 0.716. The number of hydrogen-bond donors (Lipinski definition) is 1. The number of rotatable bonds is 5. The van der Waals surface area contributed by atoms with E-state index in [9.17, 15) is 0 Å². The summed E-state index contributed by atoms with van der Waals surface area (Å²) < 4.78 is 1.90. The van der Waals surface area contributed by atoms with Crippen molar-refractivity contribution in [1.82, 2.24) is 24.9 Å². The van der Waals surface area contributed by atoms with Gasteiger partial charge in [-0.25, -0.2) is 0 Å². The summed E-state index contributed by atoms with van der Waals surface area (Å²) in [5.74, 6) is 1.65. The van der Waals surface area contributed by atoms with E-state index < -0.39 is 0 Å². The molecule has 0 bridgehead atoms. The Kier molecular flexibility index (Phi) is 6.34. The molecule has 3 rings (SSSR count). The molecule has 2 aliphatic heterocycles. The van der Waals surface area contributed by atoms with Crippen molar-refractivity contribution in [2.24, 2.45) is 12.0 Å². The van der Waals surface area contributed by atoms with Crippen LogP contribution in [0.5, 0.6) is 0 Å². The van der Waals surface area contributed by atoms with Gasteiger partial charge in [0.2, 0.25) is 0 Å². The quantitative estimate of drug-likeness (QED) is 0.655. The van der Waals surface area contributed by atoms with Crippen molar-refractivity contribution in [2.75, 3.05) is 39.3 Å². The Morgan fingerprint density at radius 2 is 2.20 bits per heavy atom. The largest absolute Gasteiger partial charge is 0.357 e. The van der Waals surface area contributed by atoms with Crippen LogP contribution < -0.4 is 5.32 Å². The molecule has 1 aromatic rings. The van der Waals surface area contributed by atoms with E-state index in [-0.39, 0.29) is 0 Å². The summed E-state index contributed by atoms with van der Waals surface area (Å²) in [5, 5.41) is 7.81. The van der Waals surface area contributed by atoms with Crippen molar-refractivity contribution in [3.63, 3.8) is 0 Å². The summed E-state index contributed by atoms with van der Waals surface area (Å²) in [6.45, 7) is 10.7. The van der Waals surface area contributed by atoms with Gasteiger partial charge in [0, 0.05) is 51.4 Å². The van der Waals surface area contributed by atoms with Gasteiger partial charge in [-0.2, -0.15) is 5.10 Å². The van der Waals surface area contributed by atoms with Crippen LogP contribution in [0.2, 0.25) is 0 Å². The lowest BCUT2D eigenvalue weighted by atomic mass is 10.0. The van der Waals surface area contributed by atoms with Crippen molar-refractivity contribution in [1.29, 1.82) is 0 Å². The highest BCUT2D eigenvalue weighted by atomic mass is 15.3. The van der Waals surface area contributed by atoms with Crippen LogP contribution in [-0.4, -0.2) is 70.9 Å². The van der Waals surface area contributed by atoms with E-state index in [0.717, 1.165) is 38.7 Å². The molecule has 6 heteroatoms. The summed E-state index contributed by atoms with van der Waals surface area (Å²) in [6.07, 6.45) is 9.40. The molecule has 1 aromatic heterocycles. The normalized spacial score (nSPS) is 25.6. The first-order valence-electron chi connectivity index (χ1n) is 9.93. The number of piperidine rings is 1. The molecule has 2 unspecified atom stereocenters. The van der Waals surface area contributed by atoms with Gasteiger partial charge in [-0.05, 0) is 45.2 Å². The Hall–Kier alpha value is -1.56. The molecule has 2 saturated heterocycles. The van der Waals surface area contributed by atoms with Crippen LogP contribution in [-0.2, 0) is 7.05 Å². The highest BCUT2D eigenvalue weighted by Crippen LogP contribution is 2.26. The Morgan fingerprint density at radius 3 is 2.92 bits per heavy atom. The zero-order valence-corrected chi connectivity index (χ0v) is 16.1. The molecule has 0 saturated carbocycles. The van der Waals surface area contributed by atoms with Gasteiger partial charge in [0.05, 0.1) is 12.7 Å². The smallest absolute Gasteiger partial charge is 0.193 e. The minimum absolute atomic E-state index is 0.569. The molecule has 140 valence electrons. The molecule has 0 amide bonds. The first-order chi connectivity index (χ1) is 12.2. The Balaban J connectivity index is 1.55. The average molecular weight is 347 g/mol. The maximum Gasteiger partial charge on any atom is 0.193 e. The van der Waals surface area contributed by atoms with E-state index in [1.54, 1.807) is 0 Å². The van der Waals surface area contributed by atoms with Crippen LogP contribution in [0.1, 0.15) is 51.0 Å². The van der Waals surface area contributed by atoms with Crippen LogP contribution in [0, 0.1) is 0 Å². The molecule has 2 atom stereocenters. The lowest BCUT2D eigenvalue weighted by Crippen LogP contribution is -2.42. The summed E-state index contributed by atoms with van der Waals surface area (Å²) in [4.78, 5) is 9.94. The molecule has 2 fully saturated rings. The maximum absolute atomic E-state index is 4.93. The van der Waals surface area contributed by atoms with Gasteiger partial charge in [0.15, 0.2) is 5.96 Å². The third-order valence-corrected chi connectivity index (χ3v) is 5.61. The Labute approximate surface area is 152 Å². The molecule has 2 aliphatic rings. The highest BCUT2D eigenvalue weighted by Gasteiger charge is 2.27. The van der Waals surface area contributed by atoms with Crippen molar-refractivity contribution in [3.8, 4) is 0 Å². The highest BCUT2D eigenvalue weighted by molar-refractivity contribution is 5.80. The van der Waals surface area contributed by atoms with Gasteiger partial charge >= 0.3 is 0 Å². The van der Waals surface area contributed by atoms with Crippen LogP contribution in [0.3, 0.4) is 0 Å². The van der Waals surface area contributed by atoms with Crippen molar-refractivity contribution >= 4 is 5.96 Å². The zero-order valence-electron chi connectivity index (χ0n) is 16.1. The van der Waals surface area contributed by atoms with E-state index in [2.05, 4.69) is 40.3 Å². The standard InChI is InChI=1S/C19H34N6/c1-4-20-19(21-9-12-24-10-6-5-7-16(24)2)25-11-8-17(15-25)18-13-22-23(3)14-18/h13-14,16-17H,4-12,15H2,1-3H3,(H,20,21). The fourth-order valence-electron chi connectivity index (χ4n) is 4.08. The number of nitrogens with one attached hydrogen (secondary N) is 1. The minimum Gasteiger partial charge on any atom is -0.357 e. The molecular formula is C19H34N6. The monoisotopic (exact) mass is 346 g/mol. The van der Waals surface area contributed by atoms with Gasteiger partial charge < -0.3 is 10.2 Å². The number of hydrogen-bond acceptors (Lipinski definition) is 3. The van der Waals surface area contributed by atoms with Crippen molar-refractivity contribution < 1.29 is 0 Å². The molecule has 0 spiro atoms. The van der Waals surface area contributed by atoms with Gasteiger partial charge in [-0.1, -0.05) is 6.42 Å². The maximum atomic E-state index is 4.93. The van der Waals surface area contributed by atoms with Crippen molar-refractivity contribution in [2.45, 2.75) is 51.5 Å². The lowest BCUT2D eigenvalue weighted by Gasteiger charge is -2.33. The second-order valence-corrected chi connectivity index (χ2v) is 7.50. The van der Waals surface area contributed by atoms with E-state index in [0.29, 0.717) is 12.0 Å². The second kappa shape index (κ2) is 8.70. The molecule has 0 aliphatic carbocycles. The van der Waals surface area contributed by atoms with Crippen LogP contribution >= 0.6 is 0 Å². The summed E-state index contributed by atoms with van der Waals surface area (Å²) >= 11 is 0. The number of nitrogens with zero attached hydrogens (tertiary/aromatic N) is 5.